The minimum atomic E-state index is -0.225. The van der Waals surface area contributed by atoms with Crippen LogP contribution in [0.2, 0.25) is 0 Å². The molecular formula is C10H15N3O2S. The van der Waals surface area contributed by atoms with Crippen molar-refractivity contribution in [1.29, 1.82) is 0 Å². The average molecular weight is 241 g/mol. The molecule has 6 heteroatoms. The Morgan fingerprint density at radius 1 is 1.69 bits per heavy atom. The standard InChI is InChI=1S/C10H15N3O2S/c1-2-3-11-9-12-6-8(16-9)7-13-4-5-15-10(13)14/h6H,2-5,7H2,1H3,(H,11,12). The van der Waals surface area contributed by atoms with Crippen LogP contribution in [0.5, 0.6) is 0 Å². The van der Waals surface area contributed by atoms with Crippen LogP contribution in [0.3, 0.4) is 0 Å². The largest absolute Gasteiger partial charge is 0.448 e. The van der Waals surface area contributed by atoms with Crippen molar-refractivity contribution >= 4 is 22.6 Å². The molecule has 1 N–H and O–H groups in total. The fourth-order valence-electron chi connectivity index (χ4n) is 1.45. The van der Waals surface area contributed by atoms with Gasteiger partial charge in [-0.05, 0) is 6.42 Å². The number of hydrogen-bond donors (Lipinski definition) is 1. The monoisotopic (exact) mass is 241 g/mol. The SMILES string of the molecule is CCCNc1ncc(CN2CCOC2=O)s1. The third-order valence-corrected chi connectivity index (χ3v) is 3.21. The Morgan fingerprint density at radius 3 is 3.25 bits per heavy atom. The van der Waals surface area contributed by atoms with Crippen molar-refractivity contribution in [2.45, 2.75) is 19.9 Å². The van der Waals surface area contributed by atoms with Crippen molar-refractivity contribution < 1.29 is 9.53 Å². The Kier molecular flexibility index (Phi) is 3.61. The van der Waals surface area contributed by atoms with Crippen LogP contribution in [0.4, 0.5) is 9.93 Å². The molecule has 1 aliphatic rings. The molecule has 1 aromatic rings. The number of cyclic esters (lactones) is 1. The van der Waals surface area contributed by atoms with Crippen LogP contribution in [0, 0.1) is 0 Å². The Morgan fingerprint density at radius 2 is 2.56 bits per heavy atom. The molecule has 88 valence electrons. The van der Waals surface area contributed by atoms with Gasteiger partial charge in [0.15, 0.2) is 5.13 Å². The maximum atomic E-state index is 11.2. The summed E-state index contributed by atoms with van der Waals surface area (Å²) < 4.78 is 4.86. The first-order valence-electron chi connectivity index (χ1n) is 5.40. The fourth-order valence-corrected chi connectivity index (χ4v) is 2.31. The molecule has 0 unspecified atom stereocenters. The minimum absolute atomic E-state index is 0.225. The molecule has 1 aromatic heterocycles. The second kappa shape index (κ2) is 5.16. The number of thiazole rings is 1. The lowest BCUT2D eigenvalue weighted by molar-refractivity contribution is 0.157. The van der Waals surface area contributed by atoms with Crippen LogP contribution in [0.25, 0.3) is 0 Å². The summed E-state index contributed by atoms with van der Waals surface area (Å²) in [6.45, 7) is 4.82. The van der Waals surface area contributed by atoms with Crippen LogP contribution in [-0.2, 0) is 11.3 Å². The van der Waals surface area contributed by atoms with Gasteiger partial charge in [0.1, 0.15) is 6.61 Å². The number of carbonyl (C=O) groups is 1. The van der Waals surface area contributed by atoms with Gasteiger partial charge in [-0.1, -0.05) is 6.92 Å². The van der Waals surface area contributed by atoms with Gasteiger partial charge in [-0.25, -0.2) is 9.78 Å². The van der Waals surface area contributed by atoms with E-state index in [2.05, 4.69) is 17.2 Å². The first-order valence-corrected chi connectivity index (χ1v) is 6.21. The maximum absolute atomic E-state index is 11.2. The smallest absolute Gasteiger partial charge is 0.410 e. The molecule has 0 bridgehead atoms. The highest BCUT2D eigenvalue weighted by Crippen LogP contribution is 2.20. The zero-order valence-corrected chi connectivity index (χ0v) is 10.0. The van der Waals surface area contributed by atoms with Crippen LogP contribution < -0.4 is 5.32 Å². The quantitative estimate of drug-likeness (QED) is 0.855. The van der Waals surface area contributed by atoms with Crippen LogP contribution in [0.1, 0.15) is 18.2 Å². The summed E-state index contributed by atoms with van der Waals surface area (Å²) in [7, 11) is 0. The van der Waals surface area contributed by atoms with Crippen LogP contribution >= 0.6 is 11.3 Å². The molecule has 16 heavy (non-hydrogen) atoms. The van der Waals surface area contributed by atoms with E-state index in [9.17, 15) is 4.79 Å². The molecule has 1 saturated heterocycles. The van der Waals surface area contributed by atoms with Gasteiger partial charge in [-0.15, -0.1) is 11.3 Å². The Labute approximate surface area is 98.4 Å². The molecule has 0 aromatic carbocycles. The topological polar surface area (TPSA) is 54.5 Å². The molecule has 1 aliphatic heterocycles. The van der Waals surface area contributed by atoms with E-state index in [0.717, 1.165) is 23.0 Å². The van der Waals surface area contributed by atoms with Crippen molar-refractivity contribution in [1.82, 2.24) is 9.88 Å². The first-order chi connectivity index (χ1) is 7.79. The van der Waals surface area contributed by atoms with E-state index < -0.39 is 0 Å². The highest BCUT2D eigenvalue weighted by molar-refractivity contribution is 7.15. The number of carbonyl (C=O) groups excluding carboxylic acids is 1. The summed E-state index contributed by atoms with van der Waals surface area (Å²) in [5, 5.41) is 4.14. The van der Waals surface area contributed by atoms with Gasteiger partial charge in [0, 0.05) is 17.6 Å². The number of aromatic nitrogens is 1. The highest BCUT2D eigenvalue weighted by Gasteiger charge is 2.22. The summed E-state index contributed by atoms with van der Waals surface area (Å²) in [6.07, 6.45) is 2.67. The van der Waals surface area contributed by atoms with Gasteiger partial charge in [-0.3, -0.25) is 4.90 Å². The molecular weight excluding hydrogens is 226 g/mol. The zero-order valence-electron chi connectivity index (χ0n) is 9.23. The van der Waals surface area contributed by atoms with E-state index in [1.165, 1.54) is 0 Å². The van der Waals surface area contributed by atoms with Gasteiger partial charge in [-0.2, -0.15) is 0 Å². The fraction of sp³-hybridized carbons (Fsp3) is 0.600. The van der Waals surface area contributed by atoms with Crippen molar-refractivity contribution in [3.63, 3.8) is 0 Å². The molecule has 0 radical (unpaired) electrons. The predicted molar refractivity (Wildman–Crippen MR) is 62.7 cm³/mol. The Balaban J connectivity index is 1.89. The molecule has 2 heterocycles. The Bertz CT molecular complexity index is 367. The number of ether oxygens (including phenoxy) is 1. The van der Waals surface area contributed by atoms with E-state index in [0.29, 0.717) is 19.7 Å². The van der Waals surface area contributed by atoms with Crippen molar-refractivity contribution in [3.8, 4) is 0 Å². The number of nitrogens with zero attached hydrogens (tertiary/aromatic N) is 2. The lowest BCUT2D eigenvalue weighted by Gasteiger charge is -2.09. The van der Waals surface area contributed by atoms with E-state index in [4.69, 9.17) is 4.74 Å². The molecule has 0 atom stereocenters. The molecule has 1 amide bonds. The number of rotatable bonds is 5. The van der Waals surface area contributed by atoms with Gasteiger partial charge < -0.3 is 10.1 Å². The van der Waals surface area contributed by atoms with Crippen molar-refractivity contribution in [3.05, 3.63) is 11.1 Å². The van der Waals surface area contributed by atoms with Crippen molar-refractivity contribution in [2.75, 3.05) is 25.0 Å². The Hall–Kier alpha value is -1.30. The van der Waals surface area contributed by atoms with E-state index >= 15 is 0 Å². The summed E-state index contributed by atoms with van der Waals surface area (Å²) in [5.41, 5.74) is 0. The average Bonchev–Trinajstić information content (AvgIpc) is 2.87. The molecule has 1 fully saturated rings. The summed E-state index contributed by atoms with van der Waals surface area (Å²) >= 11 is 1.59. The van der Waals surface area contributed by atoms with Gasteiger partial charge in [0.25, 0.3) is 0 Å². The summed E-state index contributed by atoms with van der Waals surface area (Å²) in [5.74, 6) is 0. The zero-order chi connectivity index (χ0) is 11.4. The normalized spacial score (nSPS) is 15.3. The predicted octanol–water partition coefficient (Wildman–Crippen LogP) is 1.92. The third kappa shape index (κ3) is 2.63. The number of anilines is 1. The van der Waals surface area contributed by atoms with Crippen LogP contribution in [0.15, 0.2) is 6.20 Å². The third-order valence-electron chi connectivity index (χ3n) is 2.27. The molecule has 0 aliphatic carbocycles. The summed E-state index contributed by atoms with van der Waals surface area (Å²) in [4.78, 5) is 18.3. The van der Waals surface area contributed by atoms with E-state index in [1.807, 2.05) is 6.20 Å². The second-order valence-electron chi connectivity index (χ2n) is 3.59. The van der Waals surface area contributed by atoms with Crippen molar-refractivity contribution in [2.24, 2.45) is 0 Å². The molecule has 2 rings (SSSR count). The van der Waals surface area contributed by atoms with E-state index in [1.54, 1.807) is 16.2 Å². The number of amides is 1. The number of nitrogens with one attached hydrogen (secondary N) is 1. The minimum Gasteiger partial charge on any atom is -0.448 e. The molecule has 0 spiro atoms. The lowest BCUT2D eigenvalue weighted by Crippen LogP contribution is -2.22. The lowest BCUT2D eigenvalue weighted by atomic mass is 10.5. The van der Waals surface area contributed by atoms with Gasteiger partial charge in [0.2, 0.25) is 0 Å². The summed E-state index contributed by atoms with van der Waals surface area (Å²) in [6, 6.07) is 0. The maximum Gasteiger partial charge on any atom is 0.410 e. The van der Waals surface area contributed by atoms with Crippen LogP contribution in [-0.4, -0.2) is 35.7 Å². The molecule has 0 saturated carbocycles. The molecule has 5 nitrogen and oxygen atoms in total. The second-order valence-corrected chi connectivity index (χ2v) is 4.71. The van der Waals surface area contributed by atoms with Gasteiger partial charge in [0.05, 0.1) is 13.1 Å². The first kappa shape index (κ1) is 11.2. The van der Waals surface area contributed by atoms with Gasteiger partial charge >= 0.3 is 6.09 Å². The highest BCUT2D eigenvalue weighted by atomic mass is 32.1. The number of hydrogen-bond acceptors (Lipinski definition) is 5. The van der Waals surface area contributed by atoms with E-state index in [-0.39, 0.29) is 6.09 Å².